The lowest BCUT2D eigenvalue weighted by atomic mass is 10.2. The van der Waals surface area contributed by atoms with E-state index in [-0.39, 0.29) is 18.1 Å². The van der Waals surface area contributed by atoms with E-state index in [9.17, 15) is 9.59 Å². The smallest absolute Gasteiger partial charge is 0.304 e. The second-order valence-corrected chi connectivity index (χ2v) is 4.66. The Bertz CT molecular complexity index is 406. The fraction of sp³-hybridized carbons (Fsp3) is 0.333. The Balaban J connectivity index is 2.30. The van der Waals surface area contributed by atoms with Crippen molar-refractivity contribution >= 4 is 29.3 Å². The molecule has 0 atom stereocenters. The number of thioether (sulfide) groups is 1. The number of hydrogen-bond donors (Lipinski definition) is 2. The van der Waals surface area contributed by atoms with Crippen molar-refractivity contribution in [3.63, 3.8) is 0 Å². The molecule has 1 aromatic carbocycles. The van der Waals surface area contributed by atoms with E-state index in [1.807, 2.05) is 31.2 Å². The number of carboxylic acids is 1. The molecular weight excluding hydrogens is 238 g/mol. The third-order valence-electron chi connectivity index (χ3n) is 2.11. The molecule has 0 spiro atoms. The van der Waals surface area contributed by atoms with Crippen LogP contribution in [0.15, 0.2) is 24.3 Å². The Labute approximate surface area is 104 Å². The molecule has 0 heterocycles. The van der Waals surface area contributed by atoms with Gasteiger partial charge in [0.25, 0.3) is 0 Å². The summed E-state index contributed by atoms with van der Waals surface area (Å²) in [5, 5.41) is 11.2. The van der Waals surface area contributed by atoms with Gasteiger partial charge in [0.1, 0.15) is 0 Å². The first kappa shape index (κ1) is 13.6. The maximum Gasteiger partial charge on any atom is 0.304 e. The molecule has 0 aliphatic heterocycles. The molecule has 0 aliphatic carbocycles. The van der Waals surface area contributed by atoms with Gasteiger partial charge in [-0.25, -0.2) is 0 Å². The summed E-state index contributed by atoms with van der Waals surface area (Å²) >= 11 is 1.32. The first-order chi connectivity index (χ1) is 8.09. The molecule has 0 saturated heterocycles. The molecule has 17 heavy (non-hydrogen) atoms. The SMILES string of the molecule is Cc1ccccc1NC(=O)CSCCC(=O)O. The van der Waals surface area contributed by atoms with Crippen LogP contribution in [-0.2, 0) is 9.59 Å². The summed E-state index contributed by atoms with van der Waals surface area (Å²) in [5.41, 5.74) is 1.81. The quantitative estimate of drug-likeness (QED) is 0.762. The minimum Gasteiger partial charge on any atom is -0.481 e. The predicted octanol–water partition coefficient (Wildman–Crippen LogP) is 2.14. The van der Waals surface area contributed by atoms with Gasteiger partial charge in [-0.15, -0.1) is 0 Å². The lowest BCUT2D eigenvalue weighted by Crippen LogP contribution is -2.15. The van der Waals surface area contributed by atoms with Crippen molar-refractivity contribution < 1.29 is 14.7 Å². The van der Waals surface area contributed by atoms with E-state index in [0.717, 1.165) is 11.3 Å². The Morgan fingerprint density at radius 2 is 2.06 bits per heavy atom. The van der Waals surface area contributed by atoms with Crippen LogP contribution in [0.25, 0.3) is 0 Å². The molecule has 0 fully saturated rings. The average molecular weight is 253 g/mol. The Morgan fingerprint density at radius 1 is 1.35 bits per heavy atom. The van der Waals surface area contributed by atoms with Crippen molar-refractivity contribution in [2.75, 3.05) is 16.8 Å². The van der Waals surface area contributed by atoms with Gasteiger partial charge in [0.2, 0.25) is 5.91 Å². The van der Waals surface area contributed by atoms with E-state index in [1.54, 1.807) is 0 Å². The van der Waals surface area contributed by atoms with E-state index >= 15 is 0 Å². The summed E-state index contributed by atoms with van der Waals surface area (Å²) in [6, 6.07) is 7.54. The first-order valence-corrected chi connectivity index (χ1v) is 6.40. The average Bonchev–Trinajstić information content (AvgIpc) is 2.27. The van der Waals surface area contributed by atoms with Gasteiger partial charge in [0, 0.05) is 11.4 Å². The number of aliphatic carboxylic acids is 1. The second kappa shape index (κ2) is 6.96. The standard InChI is InChI=1S/C12H15NO3S/c1-9-4-2-3-5-10(9)13-11(14)8-17-7-6-12(15)16/h2-5H,6-8H2,1H3,(H,13,14)(H,15,16). The zero-order valence-corrected chi connectivity index (χ0v) is 10.4. The molecule has 92 valence electrons. The van der Waals surface area contributed by atoms with Gasteiger partial charge in [0.05, 0.1) is 12.2 Å². The van der Waals surface area contributed by atoms with Gasteiger partial charge in [-0.05, 0) is 18.6 Å². The van der Waals surface area contributed by atoms with Gasteiger partial charge in [-0.3, -0.25) is 9.59 Å². The van der Waals surface area contributed by atoms with Gasteiger partial charge >= 0.3 is 5.97 Å². The predicted molar refractivity (Wildman–Crippen MR) is 69.4 cm³/mol. The minimum absolute atomic E-state index is 0.0856. The normalized spacial score (nSPS) is 9.94. The van der Waals surface area contributed by atoms with Gasteiger partial charge in [-0.1, -0.05) is 18.2 Å². The molecule has 0 aromatic heterocycles. The number of aryl methyl sites for hydroxylation is 1. The highest BCUT2D eigenvalue weighted by Gasteiger charge is 2.05. The molecule has 5 heteroatoms. The van der Waals surface area contributed by atoms with Gasteiger partial charge < -0.3 is 10.4 Å². The number of rotatable bonds is 6. The largest absolute Gasteiger partial charge is 0.481 e. The number of anilines is 1. The number of benzene rings is 1. The third-order valence-corrected chi connectivity index (χ3v) is 3.07. The molecule has 0 unspecified atom stereocenters. The lowest BCUT2D eigenvalue weighted by molar-refractivity contribution is -0.136. The van der Waals surface area contributed by atoms with E-state index in [0.29, 0.717) is 5.75 Å². The number of nitrogens with one attached hydrogen (secondary N) is 1. The van der Waals surface area contributed by atoms with E-state index in [4.69, 9.17) is 5.11 Å². The molecule has 0 radical (unpaired) electrons. The number of carbonyl (C=O) groups is 2. The fourth-order valence-corrected chi connectivity index (χ4v) is 1.94. The monoisotopic (exact) mass is 253 g/mol. The summed E-state index contributed by atoms with van der Waals surface area (Å²) in [6.07, 6.45) is 0.0856. The third kappa shape index (κ3) is 5.40. The number of carboxylic acid groups (broad SMARTS) is 1. The Kier molecular flexibility index (Phi) is 5.56. The number of hydrogen-bond acceptors (Lipinski definition) is 3. The number of amides is 1. The van der Waals surface area contributed by atoms with Gasteiger partial charge in [0.15, 0.2) is 0 Å². The van der Waals surface area contributed by atoms with Crippen LogP contribution in [0.3, 0.4) is 0 Å². The zero-order valence-electron chi connectivity index (χ0n) is 9.60. The molecular formula is C12H15NO3S. The minimum atomic E-state index is -0.836. The van der Waals surface area contributed by atoms with Crippen molar-refractivity contribution in [2.45, 2.75) is 13.3 Å². The topological polar surface area (TPSA) is 66.4 Å². The summed E-state index contributed by atoms with van der Waals surface area (Å²) in [5.74, 6) is -0.204. The highest BCUT2D eigenvalue weighted by molar-refractivity contribution is 7.99. The lowest BCUT2D eigenvalue weighted by Gasteiger charge is -2.07. The van der Waals surface area contributed by atoms with Crippen molar-refractivity contribution in [3.8, 4) is 0 Å². The molecule has 0 saturated carbocycles. The number of para-hydroxylation sites is 1. The first-order valence-electron chi connectivity index (χ1n) is 5.24. The van der Waals surface area contributed by atoms with Gasteiger partial charge in [-0.2, -0.15) is 11.8 Å². The Hall–Kier alpha value is -1.49. The van der Waals surface area contributed by atoms with E-state index < -0.39 is 5.97 Å². The summed E-state index contributed by atoms with van der Waals surface area (Å²) in [4.78, 5) is 21.8. The van der Waals surface area contributed by atoms with Crippen LogP contribution in [0.1, 0.15) is 12.0 Å². The molecule has 0 bridgehead atoms. The van der Waals surface area contributed by atoms with E-state index in [1.165, 1.54) is 11.8 Å². The zero-order chi connectivity index (χ0) is 12.7. The summed E-state index contributed by atoms with van der Waals surface area (Å²) in [6.45, 7) is 1.92. The van der Waals surface area contributed by atoms with Crippen LogP contribution >= 0.6 is 11.8 Å². The van der Waals surface area contributed by atoms with Crippen LogP contribution in [0.4, 0.5) is 5.69 Å². The molecule has 1 aromatic rings. The fourth-order valence-electron chi connectivity index (χ4n) is 1.22. The van der Waals surface area contributed by atoms with E-state index in [2.05, 4.69) is 5.32 Å². The van der Waals surface area contributed by atoms with Crippen LogP contribution in [-0.4, -0.2) is 28.5 Å². The van der Waals surface area contributed by atoms with Crippen molar-refractivity contribution in [2.24, 2.45) is 0 Å². The molecule has 2 N–H and O–H groups in total. The Morgan fingerprint density at radius 3 is 2.71 bits per heavy atom. The van der Waals surface area contributed by atoms with Crippen LogP contribution < -0.4 is 5.32 Å². The molecule has 0 aliphatic rings. The summed E-state index contributed by atoms with van der Waals surface area (Å²) < 4.78 is 0. The highest BCUT2D eigenvalue weighted by Crippen LogP contribution is 2.13. The molecule has 4 nitrogen and oxygen atoms in total. The highest BCUT2D eigenvalue weighted by atomic mass is 32.2. The summed E-state index contributed by atoms with van der Waals surface area (Å²) in [7, 11) is 0. The second-order valence-electron chi connectivity index (χ2n) is 3.56. The van der Waals surface area contributed by atoms with Crippen molar-refractivity contribution in [3.05, 3.63) is 29.8 Å². The van der Waals surface area contributed by atoms with Crippen LogP contribution in [0, 0.1) is 6.92 Å². The van der Waals surface area contributed by atoms with Crippen molar-refractivity contribution in [1.82, 2.24) is 0 Å². The van der Waals surface area contributed by atoms with Crippen molar-refractivity contribution in [1.29, 1.82) is 0 Å². The molecule has 1 rings (SSSR count). The maximum absolute atomic E-state index is 11.5. The maximum atomic E-state index is 11.5. The van der Waals surface area contributed by atoms with Crippen LogP contribution in [0.2, 0.25) is 0 Å². The van der Waals surface area contributed by atoms with Crippen LogP contribution in [0.5, 0.6) is 0 Å². The molecule has 1 amide bonds. The number of carbonyl (C=O) groups excluding carboxylic acids is 1.